The Morgan fingerprint density at radius 3 is 2.26 bits per heavy atom. The predicted octanol–water partition coefficient (Wildman–Crippen LogP) is 4.60. The van der Waals surface area contributed by atoms with Gasteiger partial charge in [0.2, 0.25) is 15.9 Å². The van der Waals surface area contributed by atoms with Crippen LogP contribution >= 0.6 is 11.6 Å². The van der Waals surface area contributed by atoms with Crippen molar-refractivity contribution in [2.24, 2.45) is 0 Å². The van der Waals surface area contributed by atoms with Crippen LogP contribution in [0.4, 0.5) is 5.69 Å². The van der Waals surface area contributed by atoms with Gasteiger partial charge in [-0.3, -0.25) is 4.79 Å². The SMILES string of the molecule is CCOc1ccc(S(=O)(=O)N(CC(=O)N(C)c2ccc(OC)cc2)Cc2ccccc2)cc1Cl. The van der Waals surface area contributed by atoms with Gasteiger partial charge >= 0.3 is 0 Å². The van der Waals surface area contributed by atoms with E-state index in [1.54, 1.807) is 38.4 Å². The Morgan fingerprint density at radius 2 is 1.68 bits per heavy atom. The first-order valence-corrected chi connectivity index (χ1v) is 12.4. The second-order valence-corrected chi connectivity index (χ2v) is 9.78. The van der Waals surface area contributed by atoms with Crippen LogP contribution in [-0.4, -0.2) is 45.9 Å². The second kappa shape index (κ2) is 11.4. The second-order valence-electron chi connectivity index (χ2n) is 7.43. The van der Waals surface area contributed by atoms with Crippen molar-refractivity contribution in [2.45, 2.75) is 18.4 Å². The first-order chi connectivity index (χ1) is 16.3. The lowest BCUT2D eigenvalue weighted by molar-refractivity contribution is -0.118. The topological polar surface area (TPSA) is 76.2 Å². The monoisotopic (exact) mass is 502 g/mol. The van der Waals surface area contributed by atoms with E-state index in [2.05, 4.69) is 0 Å². The van der Waals surface area contributed by atoms with Gasteiger partial charge in [0.15, 0.2) is 0 Å². The molecule has 0 aliphatic heterocycles. The highest BCUT2D eigenvalue weighted by Gasteiger charge is 2.29. The van der Waals surface area contributed by atoms with Crippen LogP contribution in [0.1, 0.15) is 12.5 Å². The number of hydrogen-bond acceptors (Lipinski definition) is 5. The van der Waals surface area contributed by atoms with E-state index in [1.807, 2.05) is 37.3 Å². The number of sulfonamides is 1. The molecular weight excluding hydrogens is 476 g/mol. The van der Waals surface area contributed by atoms with Crippen molar-refractivity contribution in [1.82, 2.24) is 4.31 Å². The number of carbonyl (C=O) groups is 1. The fraction of sp³-hybridized carbons (Fsp3) is 0.240. The maximum absolute atomic E-state index is 13.6. The number of benzene rings is 3. The summed E-state index contributed by atoms with van der Waals surface area (Å²) < 4.78 is 38.9. The third kappa shape index (κ3) is 6.08. The Bertz CT molecular complexity index is 1220. The Morgan fingerprint density at radius 1 is 1.00 bits per heavy atom. The van der Waals surface area contributed by atoms with Crippen molar-refractivity contribution in [2.75, 3.05) is 32.2 Å². The van der Waals surface area contributed by atoms with Gasteiger partial charge in [0.25, 0.3) is 0 Å². The number of halogens is 1. The van der Waals surface area contributed by atoms with Crippen LogP contribution in [0, 0.1) is 0 Å². The molecule has 0 heterocycles. The van der Waals surface area contributed by atoms with E-state index in [1.165, 1.54) is 23.1 Å². The minimum absolute atomic E-state index is 0.0169. The zero-order valence-corrected chi connectivity index (χ0v) is 20.8. The average molecular weight is 503 g/mol. The summed E-state index contributed by atoms with van der Waals surface area (Å²) in [6, 6.07) is 20.3. The molecule has 3 rings (SSSR count). The highest BCUT2D eigenvalue weighted by atomic mass is 35.5. The van der Waals surface area contributed by atoms with Crippen LogP contribution < -0.4 is 14.4 Å². The van der Waals surface area contributed by atoms with Gasteiger partial charge in [0.05, 0.1) is 30.2 Å². The number of ether oxygens (including phenoxy) is 2. The van der Waals surface area contributed by atoms with Crippen LogP contribution in [0.5, 0.6) is 11.5 Å². The molecule has 180 valence electrons. The molecule has 3 aromatic rings. The van der Waals surface area contributed by atoms with E-state index in [0.717, 1.165) is 9.87 Å². The molecule has 3 aromatic carbocycles. The van der Waals surface area contributed by atoms with Crippen molar-refractivity contribution in [3.63, 3.8) is 0 Å². The zero-order chi connectivity index (χ0) is 24.7. The van der Waals surface area contributed by atoms with E-state index >= 15 is 0 Å². The molecule has 34 heavy (non-hydrogen) atoms. The summed E-state index contributed by atoms with van der Waals surface area (Å²) in [5.74, 6) is 0.667. The van der Waals surface area contributed by atoms with Gasteiger partial charge in [0.1, 0.15) is 11.5 Å². The normalized spacial score (nSPS) is 11.3. The molecule has 7 nitrogen and oxygen atoms in total. The van der Waals surface area contributed by atoms with Gasteiger partial charge in [0, 0.05) is 19.3 Å². The maximum Gasteiger partial charge on any atom is 0.243 e. The summed E-state index contributed by atoms with van der Waals surface area (Å²) in [6.07, 6.45) is 0. The highest BCUT2D eigenvalue weighted by molar-refractivity contribution is 7.89. The summed E-state index contributed by atoms with van der Waals surface area (Å²) in [7, 11) is -0.888. The minimum atomic E-state index is -4.05. The number of likely N-dealkylation sites (N-methyl/N-ethyl adjacent to an activating group) is 1. The number of rotatable bonds is 10. The minimum Gasteiger partial charge on any atom is -0.497 e. The molecule has 0 aliphatic rings. The van der Waals surface area contributed by atoms with Crippen molar-refractivity contribution < 1.29 is 22.7 Å². The standard InChI is InChI=1S/C25H27ClN2O5S/c1-4-33-24-15-14-22(16-23(24)26)34(30,31)28(17-19-8-6-5-7-9-19)18-25(29)27(2)20-10-12-21(32-3)13-11-20/h5-16H,4,17-18H2,1-3H3. The van der Waals surface area contributed by atoms with E-state index in [-0.39, 0.29) is 28.9 Å². The largest absolute Gasteiger partial charge is 0.497 e. The number of methoxy groups -OCH3 is 1. The van der Waals surface area contributed by atoms with Crippen molar-refractivity contribution >= 4 is 33.2 Å². The molecular formula is C25H27ClN2O5S. The molecule has 0 saturated heterocycles. The maximum atomic E-state index is 13.6. The van der Waals surface area contributed by atoms with Crippen LogP contribution in [0.3, 0.4) is 0 Å². The summed E-state index contributed by atoms with van der Waals surface area (Å²) in [4.78, 5) is 14.5. The van der Waals surface area contributed by atoms with Gasteiger partial charge in [-0.25, -0.2) is 8.42 Å². The van der Waals surface area contributed by atoms with Gasteiger partial charge in [-0.1, -0.05) is 41.9 Å². The Kier molecular flexibility index (Phi) is 8.55. The molecule has 0 fully saturated rings. The smallest absolute Gasteiger partial charge is 0.243 e. The quantitative estimate of drug-likeness (QED) is 0.405. The first kappa shape index (κ1) is 25.6. The van der Waals surface area contributed by atoms with E-state index in [9.17, 15) is 13.2 Å². The van der Waals surface area contributed by atoms with E-state index in [0.29, 0.717) is 23.8 Å². The van der Waals surface area contributed by atoms with Crippen molar-refractivity contribution in [3.8, 4) is 11.5 Å². The van der Waals surface area contributed by atoms with Gasteiger partial charge in [-0.05, 0) is 55.0 Å². The first-order valence-electron chi connectivity index (χ1n) is 10.6. The predicted molar refractivity (Wildman–Crippen MR) is 133 cm³/mol. The molecule has 0 N–H and O–H groups in total. The Balaban J connectivity index is 1.91. The van der Waals surface area contributed by atoms with Gasteiger partial charge in [-0.2, -0.15) is 4.31 Å². The molecule has 0 radical (unpaired) electrons. The summed E-state index contributed by atoms with van der Waals surface area (Å²) >= 11 is 6.25. The summed E-state index contributed by atoms with van der Waals surface area (Å²) in [5, 5.41) is 0.185. The lowest BCUT2D eigenvalue weighted by atomic mass is 10.2. The summed E-state index contributed by atoms with van der Waals surface area (Å²) in [6.45, 7) is 1.88. The molecule has 0 saturated carbocycles. The molecule has 0 aromatic heterocycles. The molecule has 0 spiro atoms. The van der Waals surface area contributed by atoms with Crippen LogP contribution in [0.2, 0.25) is 5.02 Å². The summed E-state index contributed by atoms with van der Waals surface area (Å²) in [5.41, 5.74) is 1.37. The van der Waals surface area contributed by atoms with Crippen LogP contribution in [-0.2, 0) is 21.4 Å². The van der Waals surface area contributed by atoms with Crippen LogP contribution in [0.15, 0.2) is 77.7 Å². The van der Waals surface area contributed by atoms with Crippen molar-refractivity contribution in [1.29, 1.82) is 0 Å². The van der Waals surface area contributed by atoms with Gasteiger partial charge in [-0.15, -0.1) is 0 Å². The van der Waals surface area contributed by atoms with E-state index in [4.69, 9.17) is 21.1 Å². The van der Waals surface area contributed by atoms with Crippen LogP contribution in [0.25, 0.3) is 0 Å². The molecule has 0 unspecified atom stereocenters. The van der Waals surface area contributed by atoms with Gasteiger partial charge < -0.3 is 14.4 Å². The lowest BCUT2D eigenvalue weighted by Gasteiger charge is -2.25. The number of amides is 1. The third-order valence-corrected chi connectivity index (χ3v) is 7.27. The number of anilines is 1. The third-order valence-electron chi connectivity index (χ3n) is 5.19. The van der Waals surface area contributed by atoms with E-state index < -0.39 is 10.0 Å². The Labute approximate surface area is 205 Å². The number of carbonyl (C=O) groups excluding carboxylic acids is 1. The number of hydrogen-bond donors (Lipinski definition) is 0. The van der Waals surface area contributed by atoms with Crippen molar-refractivity contribution in [3.05, 3.63) is 83.4 Å². The fourth-order valence-corrected chi connectivity index (χ4v) is 4.99. The zero-order valence-electron chi connectivity index (χ0n) is 19.3. The highest BCUT2D eigenvalue weighted by Crippen LogP contribution is 2.29. The fourth-order valence-electron chi connectivity index (χ4n) is 3.28. The molecule has 0 atom stereocenters. The number of nitrogens with zero attached hydrogens (tertiary/aromatic N) is 2. The average Bonchev–Trinajstić information content (AvgIpc) is 2.85. The molecule has 0 aliphatic carbocycles. The molecule has 0 bridgehead atoms. The molecule has 1 amide bonds. The lowest BCUT2D eigenvalue weighted by Crippen LogP contribution is -2.41. The molecule has 9 heteroatoms. The Hall–Kier alpha value is -3.07.